The molecule has 9 aromatic carbocycles. The van der Waals surface area contributed by atoms with Crippen molar-refractivity contribution in [3.63, 3.8) is 0 Å². The van der Waals surface area contributed by atoms with Gasteiger partial charge >= 0.3 is 0 Å². The second-order valence-corrected chi connectivity index (χ2v) is 17.1. The molecule has 4 heterocycles. The third-order valence-corrected chi connectivity index (χ3v) is 14.0. The van der Waals surface area contributed by atoms with Gasteiger partial charge in [0.15, 0.2) is 0 Å². The Morgan fingerprint density at radius 1 is 0.404 bits per heavy atom. The van der Waals surface area contributed by atoms with E-state index in [-0.39, 0.29) is 0 Å². The van der Waals surface area contributed by atoms with E-state index in [1.807, 2.05) is 11.3 Å². The molecule has 0 aliphatic rings. The van der Waals surface area contributed by atoms with E-state index in [9.17, 15) is 0 Å². The van der Waals surface area contributed by atoms with Crippen LogP contribution in [0.1, 0.15) is 0 Å². The van der Waals surface area contributed by atoms with Crippen LogP contribution in [0.15, 0.2) is 176 Å². The summed E-state index contributed by atoms with van der Waals surface area (Å²) in [6.07, 6.45) is 0. The third kappa shape index (κ3) is 4.58. The molecule has 3 nitrogen and oxygen atoms in total. The highest BCUT2D eigenvalue weighted by Gasteiger charge is 2.23. The highest BCUT2D eigenvalue weighted by molar-refractivity contribution is 7.26. The summed E-state index contributed by atoms with van der Waals surface area (Å²) in [5.41, 5.74) is 7.55. The summed E-state index contributed by atoms with van der Waals surface area (Å²) in [7, 11) is 0. The van der Waals surface area contributed by atoms with Crippen molar-refractivity contribution in [2.45, 2.75) is 0 Å². The van der Waals surface area contributed by atoms with E-state index < -0.39 is 0 Å². The first-order valence-electron chi connectivity index (χ1n) is 19.2. The molecular weight excluding hydrogens is 731 g/mol. The summed E-state index contributed by atoms with van der Waals surface area (Å²) < 4.78 is 7.24. The van der Waals surface area contributed by atoms with Gasteiger partial charge in [-0.05, 0) is 74.3 Å². The SMILES string of the molecule is c1ccc2cc(-c3nc(-n4c5cc6ccccc6cc5c5cccc(-c6ccc7c(c6)sc6ccc8ccccc8c67)c54)nc4c3sc3ccccc34)ccc2c1. The second-order valence-electron chi connectivity index (χ2n) is 14.9. The highest BCUT2D eigenvalue weighted by Crippen LogP contribution is 2.45. The van der Waals surface area contributed by atoms with Crippen molar-refractivity contribution >= 4 is 117 Å². The molecule has 0 N–H and O–H groups in total. The molecule has 0 saturated carbocycles. The maximum absolute atomic E-state index is 5.60. The van der Waals surface area contributed by atoms with Crippen molar-refractivity contribution in [3.05, 3.63) is 176 Å². The summed E-state index contributed by atoms with van der Waals surface area (Å²) in [6, 6.07) is 64.2. The van der Waals surface area contributed by atoms with Crippen molar-refractivity contribution in [3.8, 4) is 28.3 Å². The van der Waals surface area contributed by atoms with Gasteiger partial charge in [-0.3, -0.25) is 4.57 Å². The Kier molecular flexibility index (Phi) is 6.48. The van der Waals surface area contributed by atoms with Gasteiger partial charge in [-0.25, -0.2) is 9.97 Å². The van der Waals surface area contributed by atoms with E-state index in [1.165, 1.54) is 73.5 Å². The maximum atomic E-state index is 5.60. The lowest BCUT2D eigenvalue weighted by atomic mass is 9.99. The normalized spacial score (nSPS) is 12.2. The summed E-state index contributed by atoms with van der Waals surface area (Å²) in [4.78, 5) is 11.1. The molecule has 0 aliphatic heterocycles. The number of thiophene rings is 2. The van der Waals surface area contributed by atoms with Crippen molar-refractivity contribution in [1.29, 1.82) is 0 Å². The van der Waals surface area contributed by atoms with E-state index in [0.29, 0.717) is 5.95 Å². The number of hydrogen-bond donors (Lipinski definition) is 0. The number of hydrogen-bond acceptors (Lipinski definition) is 4. The molecular formula is C52H29N3S2. The lowest BCUT2D eigenvalue weighted by Crippen LogP contribution is -2.03. The van der Waals surface area contributed by atoms with E-state index in [2.05, 4.69) is 180 Å². The molecule has 0 unspecified atom stereocenters. The van der Waals surface area contributed by atoms with Gasteiger partial charge in [-0.2, -0.15) is 0 Å². The Balaban J connectivity index is 1.14. The fourth-order valence-corrected chi connectivity index (χ4v) is 11.4. The third-order valence-electron chi connectivity index (χ3n) is 11.8. The molecule has 264 valence electrons. The molecule has 13 aromatic rings. The Morgan fingerprint density at radius 2 is 1.11 bits per heavy atom. The first kappa shape index (κ1) is 31.3. The number of nitrogens with zero attached hydrogens (tertiary/aromatic N) is 3. The molecule has 13 rings (SSSR count). The van der Waals surface area contributed by atoms with Crippen LogP contribution in [0, 0.1) is 0 Å². The summed E-state index contributed by atoms with van der Waals surface area (Å²) in [5.74, 6) is 0.673. The molecule has 0 saturated heterocycles. The van der Waals surface area contributed by atoms with Gasteiger partial charge in [0.1, 0.15) is 0 Å². The molecule has 0 atom stereocenters. The number of rotatable bonds is 3. The fraction of sp³-hybridized carbons (Fsp3) is 0. The molecule has 0 bridgehead atoms. The van der Waals surface area contributed by atoms with Crippen LogP contribution in [0.25, 0.3) is 123 Å². The largest absolute Gasteiger partial charge is 0.277 e. The minimum absolute atomic E-state index is 0.673. The van der Waals surface area contributed by atoms with E-state index >= 15 is 0 Å². The molecule has 0 spiro atoms. The number of benzene rings is 9. The standard InChI is InChI=1S/C52H29N3S2/c1-2-12-32-26-36(21-20-30(32)10-1)48-51-49(41-16-7-8-19-44(41)57-51)54-52(53-48)55-43-28-34-14-4-3-13-33(34)27-42(43)39-18-9-17-38(50(39)55)35-22-24-40-46(29-35)56-45-25-23-31-11-5-6-15-37(31)47(40)45/h1-29H. The molecule has 0 fully saturated rings. The summed E-state index contributed by atoms with van der Waals surface area (Å²) in [5, 5.41) is 13.5. The molecule has 0 radical (unpaired) electrons. The van der Waals surface area contributed by atoms with Gasteiger partial charge < -0.3 is 0 Å². The zero-order valence-corrected chi connectivity index (χ0v) is 32.0. The van der Waals surface area contributed by atoms with Gasteiger partial charge in [-0.1, -0.05) is 140 Å². The topological polar surface area (TPSA) is 30.7 Å². The van der Waals surface area contributed by atoms with Crippen LogP contribution < -0.4 is 0 Å². The van der Waals surface area contributed by atoms with Crippen LogP contribution in [0.4, 0.5) is 0 Å². The second kappa shape index (κ2) is 11.8. The van der Waals surface area contributed by atoms with Crippen LogP contribution >= 0.6 is 22.7 Å². The highest BCUT2D eigenvalue weighted by atomic mass is 32.1. The van der Waals surface area contributed by atoms with E-state index in [1.54, 1.807) is 11.3 Å². The van der Waals surface area contributed by atoms with Crippen LogP contribution in [-0.2, 0) is 0 Å². The van der Waals surface area contributed by atoms with Gasteiger partial charge in [0.25, 0.3) is 0 Å². The van der Waals surface area contributed by atoms with Crippen LogP contribution in [-0.4, -0.2) is 14.5 Å². The van der Waals surface area contributed by atoms with Crippen molar-refractivity contribution in [1.82, 2.24) is 14.5 Å². The van der Waals surface area contributed by atoms with Gasteiger partial charge in [-0.15, -0.1) is 22.7 Å². The van der Waals surface area contributed by atoms with Crippen molar-refractivity contribution in [2.24, 2.45) is 0 Å². The molecule has 4 aromatic heterocycles. The summed E-state index contributed by atoms with van der Waals surface area (Å²) >= 11 is 3.65. The zero-order chi connectivity index (χ0) is 37.2. The van der Waals surface area contributed by atoms with Gasteiger partial charge in [0, 0.05) is 52.2 Å². The maximum Gasteiger partial charge on any atom is 0.235 e. The minimum atomic E-state index is 0.673. The first-order chi connectivity index (χ1) is 28.2. The fourth-order valence-electron chi connectivity index (χ4n) is 9.12. The van der Waals surface area contributed by atoms with Gasteiger partial charge in [0.05, 0.1) is 26.9 Å². The molecule has 57 heavy (non-hydrogen) atoms. The van der Waals surface area contributed by atoms with Crippen molar-refractivity contribution < 1.29 is 0 Å². The quantitative estimate of drug-likeness (QED) is 0.180. The van der Waals surface area contributed by atoms with Crippen LogP contribution in [0.3, 0.4) is 0 Å². The summed E-state index contributed by atoms with van der Waals surface area (Å²) in [6.45, 7) is 0. The molecule has 0 amide bonds. The average molecular weight is 760 g/mol. The molecule has 5 heteroatoms. The Morgan fingerprint density at radius 3 is 1.98 bits per heavy atom. The van der Waals surface area contributed by atoms with Crippen LogP contribution in [0.2, 0.25) is 0 Å². The van der Waals surface area contributed by atoms with Crippen LogP contribution in [0.5, 0.6) is 0 Å². The lowest BCUT2D eigenvalue weighted by Gasteiger charge is -2.13. The lowest BCUT2D eigenvalue weighted by molar-refractivity contribution is 1.02. The monoisotopic (exact) mass is 759 g/mol. The van der Waals surface area contributed by atoms with Gasteiger partial charge in [0.2, 0.25) is 5.95 Å². The number of aromatic nitrogens is 3. The first-order valence-corrected chi connectivity index (χ1v) is 20.9. The van der Waals surface area contributed by atoms with Crippen molar-refractivity contribution in [2.75, 3.05) is 0 Å². The number of fused-ring (bicyclic) bond motifs is 13. The Hall–Kier alpha value is -6.92. The number of para-hydroxylation sites is 1. The molecule has 0 aliphatic carbocycles. The Bertz CT molecular complexity index is 3830. The smallest absolute Gasteiger partial charge is 0.235 e. The predicted octanol–water partition coefficient (Wildman–Crippen LogP) is 15.1. The van der Waals surface area contributed by atoms with E-state index in [0.717, 1.165) is 43.5 Å². The van der Waals surface area contributed by atoms with E-state index in [4.69, 9.17) is 9.97 Å². The average Bonchev–Trinajstić information content (AvgIpc) is 3.94. The zero-order valence-electron chi connectivity index (χ0n) is 30.4. The predicted molar refractivity (Wildman–Crippen MR) is 246 cm³/mol. The Labute approximate surface area is 334 Å². The minimum Gasteiger partial charge on any atom is -0.277 e.